The Morgan fingerprint density at radius 2 is 1.90 bits per heavy atom. The maximum absolute atomic E-state index is 3.83. The molecule has 0 amide bonds. The number of nitrogens with zero attached hydrogens (tertiary/aromatic N) is 1. The zero-order valence-corrected chi connectivity index (χ0v) is 14.0. The summed E-state index contributed by atoms with van der Waals surface area (Å²) in [5.74, 6) is 2.88. The van der Waals surface area contributed by atoms with Crippen LogP contribution in [0.5, 0.6) is 0 Å². The van der Waals surface area contributed by atoms with E-state index in [0.29, 0.717) is 0 Å². The van der Waals surface area contributed by atoms with Gasteiger partial charge in [0.15, 0.2) is 0 Å². The van der Waals surface area contributed by atoms with Crippen LogP contribution in [-0.4, -0.2) is 37.1 Å². The van der Waals surface area contributed by atoms with Crippen molar-refractivity contribution in [1.82, 2.24) is 10.2 Å². The highest BCUT2D eigenvalue weighted by molar-refractivity contribution is 4.80. The monoisotopic (exact) mass is 280 g/mol. The Labute approximate surface area is 126 Å². The Hall–Kier alpha value is -0.0800. The molecule has 2 aliphatic rings. The zero-order chi connectivity index (χ0) is 14.4. The van der Waals surface area contributed by atoms with Crippen LogP contribution < -0.4 is 5.32 Å². The molecule has 1 aliphatic heterocycles. The van der Waals surface area contributed by atoms with Gasteiger partial charge < -0.3 is 10.2 Å². The Kier molecular flexibility index (Phi) is 6.83. The molecule has 0 aromatic carbocycles. The third kappa shape index (κ3) is 5.04. The number of hydrogen-bond acceptors (Lipinski definition) is 2. The van der Waals surface area contributed by atoms with Gasteiger partial charge in [-0.2, -0.15) is 0 Å². The van der Waals surface area contributed by atoms with Gasteiger partial charge in [-0.1, -0.05) is 33.1 Å². The summed E-state index contributed by atoms with van der Waals surface area (Å²) < 4.78 is 0. The quantitative estimate of drug-likeness (QED) is 0.793. The molecule has 0 aromatic heterocycles. The molecule has 3 unspecified atom stereocenters. The highest BCUT2D eigenvalue weighted by Gasteiger charge is 2.23. The molecule has 0 aromatic rings. The van der Waals surface area contributed by atoms with Crippen LogP contribution in [0.25, 0.3) is 0 Å². The smallest absolute Gasteiger partial charge is 0.00679 e. The lowest BCUT2D eigenvalue weighted by molar-refractivity contribution is 0.167. The van der Waals surface area contributed by atoms with Gasteiger partial charge in [-0.3, -0.25) is 0 Å². The molecule has 1 N–H and O–H groups in total. The Morgan fingerprint density at radius 1 is 1.15 bits per heavy atom. The summed E-state index contributed by atoms with van der Waals surface area (Å²) in [5, 5.41) is 3.83. The lowest BCUT2D eigenvalue weighted by atomic mass is 9.81. The first kappa shape index (κ1) is 16.3. The minimum atomic E-state index is 0.718. The van der Waals surface area contributed by atoms with E-state index in [1.807, 2.05) is 0 Å². The van der Waals surface area contributed by atoms with Gasteiger partial charge in [0.1, 0.15) is 0 Å². The molecule has 2 rings (SSSR count). The van der Waals surface area contributed by atoms with Crippen LogP contribution in [0.2, 0.25) is 0 Å². The van der Waals surface area contributed by atoms with Gasteiger partial charge in [0, 0.05) is 6.04 Å². The molecule has 0 bridgehead atoms. The van der Waals surface area contributed by atoms with Crippen molar-refractivity contribution in [2.75, 3.05) is 26.2 Å². The fourth-order valence-electron chi connectivity index (χ4n) is 4.27. The molecule has 1 saturated carbocycles. The van der Waals surface area contributed by atoms with Crippen molar-refractivity contribution in [1.29, 1.82) is 0 Å². The SMILES string of the molecule is CCN1CCC(C(C)NCCC2CCCC(C)C2)CC1. The van der Waals surface area contributed by atoms with Gasteiger partial charge in [0.2, 0.25) is 0 Å². The van der Waals surface area contributed by atoms with Crippen LogP contribution in [0.15, 0.2) is 0 Å². The van der Waals surface area contributed by atoms with E-state index in [-0.39, 0.29) is 0 Å². The van der Waals surface area contributed by atoms with Crippen LogP contribution in [0, 0.1) is 17.8 Å². The van der Waals surface area contributed by atoms with E-state index in [4.69, 9.17) is 0 Å². The van der Waals surface area contributed by atoms with Crippen LogP contribution in [0.3, 0.4) is 0 Å². The minimum absolute atomic E-state index is 0.718. The third-order valence-electron chi connectivity index (χ3n) is 5.85. The van der Waals surface area contributed by atoms with Gasteiger partial charge in [-0.05, 0) is 76.5 Å². The maximum atomic E-state index is 3.83. The van der Waals surface area contributed by atoms with Gasteiger partial charge in [0.25, 0.3) is 0 Å². The standard InChI is InChI=1S/C18H36N2/c1-4-20-12-9-18(10-13-20)16(3)19-11-8-17-7-5-6-15(2)14-17/h15-19H,4-14H2,1-3H3. The van der Waals surface area contributed by atoms with Gasteiger partial charge in [-0.25, -0.2) is 0 Å². The largest absolute Gasteiger partial charge is 0.314 e. The summed E-state index contributed by atoms with van der Waals surface area (Å²) in [4.78, 5) is 2.59. The average Bonchev–Trinajstić information content (AvgIpc) is 2.47. The second kappa shape index (κ2) is 8.38. The maximum Gasteiger partial charge on any atom is 0.00679 e. The van der Waals surface area contributed by atoms with Crippen molar-refractivity contribution in [3.63, 3.8) is 0 Å². The lowest BCUT2D eigenvalue weighted by Gasteiger charge is -2.35. The average molecular weight is 280 g/mol. The van der Waals surface area contributed by atoms with E-state index in [1.54, 1.807) is 0 Å². The topological polar surface area (TPSA) is 15.3 Å². The van der Waals surface area contributed by atoms with E-state index >= 15 is 0 Å². The van der Waals surface area contributed by atoms with E-state index in [1.165, 1.54) is 71.1 Å². The van der Waals surface area contributed by atoms with Crippen LogP contribution in [0.4, 0.5) is 0 Å². The van der Waals surface area contributed by atoms with Crippen molar-refractivity contribution in [2.45, 2.75) is 71.8 Å². The van der Waals surface area contributed by atoms with Crippen LogP contribution in [-0.2, 0) is 0 Å². The summed E-state index contributed by atoms with van der Waals surface area (Å²) in [6.45, 7) is 12.2. The highest BCUT2D eigenvalue weighted by Crippen LogP contribution is 2.30. The Bertz CT molecular complexity index is 258. The molecule has 2 heteroatoms. The van der Waals surface area contributed by atoms with Crippen molar-refractivity contribution >= 4 is 0 Å². The predicted octanol–water partition coefficient (Wildman–Crippen LogP) is 3.91. The number of piperidine rings is 1. The second-order valence-electron chi connectivity index (χ2n) is 7.44. The Morgan fingerprint density at radius 3 is 2.55 bits per heavy atom. The first-order valence-electron chi connectivity index (χ1n) is 9.14. The second-order valence-corrected chi connectivity index (χ2v) is 7.44. The molecular weight excluding hydrogens is 244 g/mol. The first-order valence-corrected chi connectivity index (χ1v) is 9.14. The molecule has 2 nitrogen and oxygen atoms in total. The number of nitrogens with one attached hydrogen (secondary N) is 1. The lowest BCUT2D eigenvalue weighted by Crippen LogP contribution is -2.42. The molecule has 0 spiro atoms. The number of likely N-dealkylation sites (tertiary alicyclic amines) is 1. The normalized spacial score (nSPS) is 31.4. The van der Waals surface area contributed by atoms with Crippen molar-refractivity contribution in [2.24, 2.45) is 17.8 Å². The molecule has 20 heavy (non-hydrogen) atoms. The molecule has 118 valence electrons. The minimum Gasteiger partial charge on any atom is -0.314 e. The molecule has 2 fully saturated rings. The van der Waals surface area contributed by atoms with Crippen LogP contribution >= 0.6 is 0 Å². The van der Waals surface area contributed by atoms with E-state index < -0.39 is 0 Å². The fourth-order valence-corrected chi connectivity index (χ4v) is 4.27. The summed E-state index contributed by atoms with van der Waals surface area (Å²) in [6, 6.07) is 0.718. The number of rotatable bonds is 6. The predicted molar refractivity (Wildman–Crippen MR) is 88.0 cm³/mol. The van der Waals surface area contributed by atoms with E-state index in [0.717, 1.165) is 23.8 Å². The van der Waals surface area contributed by atoms with Crippen molar-refractivity contribution in [3.05, 3.63) is 0 Å². The third-order valence-corrected chi connectivity index (χ3v) is 5.85. The molecular formula is C18H36N2. The summed E-state index contributed by atoms with van der Waals surface area (Å²) >= 11 is 0. The first-order chi connectivity index (χ1) is 9.69. The summed E-state index contributed by atoms with van der Waals surface area (Å²) in [5.41, 5.74) is 0. The summed E-state index contributed by atoms with van der Waals surface area (Å²) in [6.07, 6.45) is 10.1. The molecule has 3 atom stereocenters. The molecule has 1 aliphatic carbocycles. The van der Waals surface area contributed by atoms with E-state index in [9.17, 15) is 0 Å². The van der Waals surface area contributed by atoms with Crippen molar-refractivity contribution in [3.8, 4) is 0 Å². The Balaban J connectivity index is 1.59. The van der Waals surface area contributed by atoms with Crippen molar-refractivity contribution < 1.29 is 0 Å². The fraction of sp³-hybridized carbons (Fsp3) is 1.00. The zero-order valence-electron chi connectivity index (χ0n) is 14.0. The molecule has 0 radical (unpaired) electrons. The van der Waals surface area contributed by atoms with Gasteiger partial charge in [0.05, 0.1) is 0 Å². The van der Waals surface area contributed by atoms with Crippen LogP contribution in [0.1, 0.15) is 65.7 Å². The van der Waals surface area contributed by atoms with Gasteiger partial charge >= 0.3 is 0 Å². The summed E-state index contributed by atoms with van der Waals surface area (Å²) in [7, 11) is 0. The van der Waals surface area contributed by atoms with E-state index in [2.05, 4.69) is 31.0 Å². The molecule has 1 saturated heterocycles. The molecule has 1 heterocycles. The van der Waals surface area contributed by atoms with Gasteiger partial charge in [-0.15, -0.1) is 0 Å². The highest BCUT2D eigenvalue weighted by atomic mass is 15.1. The number of hydrogen-bond donors (Lipinski definition) is 1.